The van der Waals surface area contributed by atoms with Crippen LogP contribution in [0.1, 0.15) is 43.6 Å². The summed E-state index contributed by atoms with van der Waals surface area (Å²) in [5.74, 6) is 3.15. The van der Waals surface area contributed by atoms with Crippen molar-refractivity contribution in [3.05, 3.63) is 29.8 Å². The lowest BCUT2D eigenvalue weighted by Crippen LogP contribution is -2.23. The van der Waals surface area contributed by atoms with E-state index in [0.29, 0.717) is 5.92 Å². The van der Waals surface area contributed by atoms with Crippen LogP contribution in [0.15, 0.2) is 24.3 Å². The van der Waals surface area contributed by atoms with Crippen molar-refractivity contribution in [1.82, 2.24) is 0 Å². The van der Waals surface area contributed by atoms with Gasteiger partial charge in [-0.05, 0) is 54.7 Å². The maximum absolute atomic E-state index is 11.2. The summed E-state index contributed by atoms with van der Waals surface area (Å²) in [5.41, 5.74) is 1.10. The van der Waals surface area contributed by atoms with Crippen molar-refractivity contribution >= 4 is 17.7 Å². The summed E-state index contributed by atoms with van der Waals surface area (Å²) in [6, 6.07) is 8.05. The highest BCUT2D eigenvalue weighted by molar-refractivity contribution is 7.99. The van der Waals surface area contributed by atoms with E-state index in [9.17, 15) is 9.90 Å². The van der Waals surface area contributed by atoms with Crippen molar-refractivity contribution in [2.75, 3.05) is 11.5 Å². The topological polar surface area (TPSA) is 46.5 Å². The van der Waals surface area contributed by atoms with Crippen molar-refractivity contribution in [1.29, 1.82) is 0 Å². The summed E-state index contributed by atoms with van der Waals surface area (Å²) in [6.45, 7) is 0. The smallest absolute Gasteiger partial charge is 0.303 e. The first-order valence-corrected chi connectivity index (χ1v) is 8.94. The number of carbonyl (C=O) groups is 1. The van der Waals surface area contributed by atoms with E-state index in [-0.39, 0.29) is 18.4 Å². The van der Waals surface area contributed by atoms with Crippen LogP contribution in [-0.4, -0.2) is 28.7 Å². The predicted octanol–water partition coefficient (Wildman–Crippen LogP) is 3.93. The second-order valence-corrected chi connectivity index (χ2v) is 7.23. The molecule has 0 amide bonds. The Balaban J connectivity index is 1.78. The Bertz CT molecular complexity index is 493. The van der Waals surface area contributed by atoms with Gasteiger partial charge in [0.15, 0.2) is 0 Å². The van der Waals surface area contributed by atoms with Gasteiger partial charge in [0.05, 0.1) is 6.42 Å². The molecule has 0 spiro atoms. The van der Waals surface area contributed by atoms with Gasteiger partial charge in [0.2, 0.25) is 0 Å². The molecule has 1 saturated carbocycles. The summed E-state index contributed by atoms with van der Waals surface area (Å²) in [6.07, 6.45) is 4.97. The second-order valence-electron chi connectivity index (χ2n) is 6.01. The highest BCUT2D eigenvalue weighted by atomic mass is 32.2. The maximum Gasteiger partial charge on any atom is 0.303 e. The van der Waals surface area contributed by atoms with E-state index >= 15 is 0 Å². The number of aliphatic carboxylic acids is 1. The van der Waals surface area contributed by atoms with E-state index in [1.807, 2.05) is 30.0 Å². The van der Waals surface area contributed by atoms with Gasteiger partial charge < -0.3 is 9.84 Å². The Morgan fingerprint density at radius 3 is 2.62 bits per heavy atom. The molecule has 2 fully saturated rings. The van der Waals surface area contributed by atoms with Gasteiger partial charge in [-0.1, -0.05) is 18.2 Å². The Morgan fingerprint density at radius 1 is 1.24 bits per heavy atom. The summed E-state index contributed by atoms with van der Waals surface area (Å²) in [7, 11) is 0. The Hall–Kier alpha value is -1.16. The second kappa shape index (κ2) is 6.73. The molecule has 1 aliphatic heterocycles. The first kappa shape index (κ1) is 14.8. The van der Waals surface area contributed by atoms with Crippen LogP contribution in [0.2, 0.25) is 0 Å². The molecule has 1 unspecified atom stereocenters. The van der Waals surface area contributed by atoms with Gasteiger partial charge in [0, 0.05) is 5.92 Å². The number of hydrogen-bond donors (Lipinski definition) is 1. The Kier molecular flexibility index (Phi) is 4.73. The van der Waals surface area contributed by atoms with Gasteiger partial charge >= 0.3 is 5.97 Å². The van der Waals surface area contributed by atoms with E-state index in [0.717, 1.165) is 48.5 Å². The van der Waals surface area contributed by atoms with E-state index < -0.39 is 5.97 Å². The molecular weight excluding hydrogens is 284 g/mol. The molecule has 0 bridgehead atoms. The Morgan fingerprint density at radius 2 is 1.95 bits per heavy atom. The first-order valence-electron chi connectivity index (χ1n) is 7.79. The fraction of sp³-hybridized carbons (Fsp3) is 0.588. The molecule has 0 radical (unpaired) electrons. The number of carboxylic acid groups (broad SMARTS) is 1. The lowest BCUT2D eigenvalue weighted by molar-refractivity contribution is -0.137. The third-order valence-corrected chi connectivity index (χ3v) is 5.41. The van der Waals surface area contributed by atoms with Crippen LogP contribution in [0.4, 0.5) is 0 Å². The number of benzene rings is 1. The minimum atomic E-state index is -0.712. The molecule has 1 atom stereocenters. The standard InChI is InChI=1S/C17H22O3S/c18-17(19)11-15(12-5-6-12)14-3-1-2-4-16(14)20-13-7-9-21-10-8-13/h1-4,12-13,15H,5-11H2,(H,18,19). The van der Waals surface area contributed by atoms with E-state index in [4.69, 9.17) is 4.74 Å². The van der Waals surface area contributed by atoms with Crippen LogP contribution in [0.25, 0.3) is 0 Å². The van der Waals surface area contributed by atoms with E-state index in [2.05, 4.69) is 6.07 Å². The number of thioether (sulfide) groups is 1. The average Bonchev–Trinajstić information content (AvgIpc) is 3.31. The van der Waals surface area contributed by atoms with Gasteiger partial charge in [-0.2, -0.15) is 11.8 Å². The molecule has 1 aromatic rings. The van der Waals surface area contributed by atoms with Crippen LogP contribution in [0.3, 0.4) is 0 Å². The highest BCUT2D eigenvalue weighted by Crippen LogP contribution is 2.47. The molecule has 114 valence electrons. The molecule has 1 N–H and O–H groups in total. The number of ether oxygens (including phenoxy) is 1. The quantitative estimate of drug-likeness (QED) is 0.865. The summed E-state index contributed by atoms with van der Waals surface area (Å²) in [5, 5.41) is 9.19. The average molecular weight is 306 g/mol. The van der Waals surface area contributed by atoms with Gasteiger partial charge in [0.25, 0.3) is 0 Å². The van der Waals surface area contributed by atoms with E-state index in [1.165, 1.54) is 0 Å². The maximum atomic E-state index is 11.2. The molecule has 3 nitrogen and oxygen atoms in total. The number of hydrogen-bond acceptors (Lipinski definition) is 3. The normalized spacial score (nSPS) is 21.0. The number of carboxylic acids is 1. The number of rotatable bonds is 6. The van der Waals surface area contributed by atoms with Gasteiger partial charge in [0.1, 0.15) is 11.9 Å². The van der Waals surface area contributed by atoms with Crippen LogP contribution in [-0.2, 0) is 4.79 Å². The van der Waals surface area contributed by atoms with Crippen LogP contribution < -0.4 is 4.74 Å². The molecule has 2 aliphatic rings. The van der Waals surface area contributed by atoms with Crippen molar-refractivity contribution < 1.29 is 14.6 Å². The monoisotopic (exact) mass is 306 g/mol. The van der Waals surface area contributed by atoms with Crippen LogP contribution in [0.5, 0.6) is 5.75 Å². The largest absolute Gasteiger partial charge is 0.490 e. The summed E-state index contributed by atoms with van der Waals surface area (Å²) >= 11 is 1.99. The summed E-state index contributed by atoms with van der Waals surface area (Å²) < 4.78 is 6.22. The fourth-order valence-electron chi connectivity index (χ4n) is 3.08. The minimum Gasteiger partial charge on any atom is -0.490 e. The highest BCUT2D eigenvalue weighted by Gasteiger charge is 2.35. The molecule has 21 heavy (non-hydrogen) atoms. The first-order chi connectivity index (χ1) is 10.2. The van der Waals surface area contributed by atoms with Crippen molar-refractivity contribution in [2.24, 2.45) is 5.92 Å². The minimum absolute atomic E-state index is 0.108. The molecule has 0 aromatic heterocycles. The molecule has 1 saturated heterocycles. The molecule has 4 heteroatoms. The zero-order valence-electron chi connectivity index (χ0n) is 12.2. The Labute approximate surface area is 130 Å². The van der Waals surface area contributed by atoms with Gasteiger partial charge in [-0.3, -0.25) is 4.79 Å². The molecule has 3 rings (SSSR count). The molecule has 1 aromatic carbocycles. The van der Waals surface area contributed by atoms with Gasteiger partial charge in [-0.15, -0.1) is 0 Å². The third kappa shape index (κ3) is 3.94. The zero-order chi connectivity index (χ0) is 14.7. The molecule has 1 heterocycles. The van der Waals surface area contributed by atoms with Crippen molar-refractivity contribution in [3.8, 4) is 5.75 Å². The summed E-state index contributed by atoms with van der Waals surface area (Å²) in [4.78, 5) is 11.2. The fourth-order valence-corrected chi connectivity index (χ4v) is 4.15. The predicted molar refractivity (Wildman–Crippen MR) is 85.1 cm³/mol. The molecule has 1 aliphatic carbocycles. The van der Waals surface area contributed by atoms with Crippen molar-refractivity contribution in [2.45, 2.75) is 44.1 Å². The number of para-hydroxylation sites is 1. The van der Waals surface area contributed by atoms with Crippen LogP contribution >= 0.6 is 11.8 Å². The van der Waals surface area contributed by atoms with Crippen molar-refractivity contribution in [3.63, 3.8) is 0 Å². The molecular formula is C17H22O3S. The lowest BCUT2D eigenvalue weighted by atomic mass is 9.90. The van der Waals surface area contributed by atoms with Gasteiger partial charge in [-0.25, -0.2) is 0 Å². The van der Waals surface area contributed by atoms with E-state index in [1.54, 1.807) is 0 Å². The lowest BCUT2D eigenvalue weighted by Gasteiger charge is -2.26. The SMILES string of the molecule is O=C(O)CC(c1ccccc1OC1CCSCC1)C1CC1. The van der Waals surface area contributed by atoms with Crippen LogP contribution in [0, 0.1) is 5.92 Å². The zero-order valence-corrected chi connectivity index (χ0v) is 13.0. The third-order valence-electron chi connectivity index (χ3n) is 4.37.